The molecule has 0 spiro atoms. The minimum Gasteiger partial charge on any atom is -0.468 e. The Bertz CT molecular complexity index is 665. The average Bonchev–Trinajstić information content (AvgIpc) is 2.93. The second-order valence-corrected chi connectivity index (χ2v) is 4.75. The number of benzene rings is 1. The number of alkyl halides is 3. The van der Waals surface area contributed by atoms with Gasteiger partial charge in [0.2, 0.25) is 0 Å². The van der Waals surface area contributed by atoms with Crippen molar-refractivity contribution in [2.24, 2.45) is 5.73 Å². The summed E-state index contributed by atoms with van der Waals surface area (Å²) in [5, 5.41) is 0. The van der Waals surface area contributed by atoms with Gasteiger partial charge in [-0.05, 0) is 30.3 Å². The lowest BCUT2D eigenvalue weighted by atomic mass is 10.1. The fraction of sp³-hybridized carbons (Fsp3) is 0.267. The number of aromatic nitrogens is 1. The molecule has 0 bridgehead atoms. The van der Waals surface area contributed by atoms with Crippen LogP contribution >= 0.6 is 0 Å². The zero-order valence-electron chi connectivity index (χ0n) is 11.8. The molecule has 0 radical (unpaired) electrons. The van der Waals surface area contributed by atoms with E-state index < -0.39 is 23.8 Å². The van der Waals surface area contributed by atoms with Crippen molar-refractivity contribution in [1.29, 1.82) is 0 Å². The molecular formula is C15H15F3N2O2. The normalized spacial score (nSPS) is 13.0. The molecular weight excluding hydrogens is 297 g/mol. The third-order valence-electron chi connectivity index (χ3n) is 3.22. The highest BCUT2D eigenvalue weighted by atomic mass is 19.4. The van der Waals surface area contributed by atoms with E-state index in [4.69, 9.17) is 5.73 Å². The highest BCUT2D eigenvalue weighted by Gasteiger charge is 2.30. The molecule has 1 heterocycles. The summed E-state index contributed by atoms with van der Waals surface area (Å²) in [6.07, 6.45) is -2.63. The van der Waals surface area contributed by atoms with Crippen molar-refractivity contribution in [3.8, 4) is 5.69 Å². The first-order chi connectivity index (χ1) is 10.3. The monoisotopic (exact) mass is 312 g/mol. The minimum atomic E-state index is -4.41. The Kier molecular flexibility index (Phi) is 4.56. The fourth-order valence-electron chi connectivity index (χ4n) is 2.13. The molecule has 118 valence electrons. The van der Waals surface area contributed by atoms with Gasteiger partial charge >= 0.3 is 12.1 Å². The Balaban J connectivity index is 2.31. The van der Waals surface area contributed by atoms with E-state index in [1.807, 2.05) is 0 Å². The van der Waals surface area contributed by atoms with Crippen molar-refractivity contribution >= 4 is 5.97 Å². The second-order valence-electron chi connectivity index (χ2n) is 4.75. The summed E-state index contributed by atoms with van der Waals surface area (Å²) in [5.41, 5.74) is 5.94. The highest BCUT2D eigenvalue weighted by Crippen LogP contribution is 2.30. The molecule has 7 heteroatoms. The van der Waals surface area contributed by atoms with Gasteiger partial charge in [-0.2, -0.15) is 13.2 Å². The number of ether oxygens (including phenoxy) is 1. The van der Waals surface area contributed by atoms with Crippen LogP contribution in [0.25, 0.3) is 5.69 Å². The Morgan fingerprint density at radius 3 is 2.68 bits per heavy atom. The largest absolute Gasteiger partial charge is 0.468 e. The van der Waals surface area contributed by atoms with Crippen LogP contribution in [0.3, 0.4) is 0 Å². The SMILES string of the molecule is COC(=O)C(N)Cc1cccn1-c1cccc(C(F)(F)F)c1. The van der Waals surface area contributed by atoms with Crippen LogP contribution in [0, 0.1) is 0 Å². The third kappa shape index (κ3) is 3.48. The van der Waals surface area contributed by atoms with E-state index in [1.165, 1.54) is 13.2 Å². The lowest BCUT2D eigenvalue weighted by Crippen LogP contribution is -2.34. The average molecular weight is 312 g/mol. The molecule has 1 aromatic carbocycles. The van der Waals surface area contributed by atoms with Gasteiger partial charge in [0, 0.05) is 24.0 Å². The maximum Gasteiger partial charge on any atom is 0.416 e. The topological polar surface area (TPSA) is 57.2 Å². The molecule has 0 fully saturated rings. The van der Waals surface area contributed by atoms with Crippen LogP contribution in [0.2, 0.25) is 0 Å². The van der Waals surface area contributed by atoms with E-state index in [9.17, 15) is 18.0 Å². The van der Waals surface area contributed by atoms with E-state index in [-0.39, 0.29) is 6.42 Å². The second kappa shape index (κ2) is 6.23. The van der Waals surface area contributed by atoms with Crippen LogP contribution in [0.15, 0.2) is 42.6 Å². The van der Waals surface area contributed by atoms with E-state index in [0.29, 0.717) is 11.4 Å². The molecule has 2 rings (SSSR count). The highest BCUT2D eigenvalue weighted by molar-refractivity contribution is 5.75. The van der Waals surface area contributed by atoms with Gasteiger partial charge in [-0.3, -0.25) is 4.79 Å². The molecule has 0 saturated heterocycles. The van der Waals surface area contributed by atoms with Crippen molar-refractivity contribution in [3.05, 3.63) is 53.9 Å². The maximum atomic E-state index is 12.8. The first kappa shape index (κ1) is 16.1. The summed E-state index contributed by atoms with van der Waals surface area (Å²) in [6.45, 7) is 0. The molecule has 2 N–H and O–H groups in total. The van der Waals surface area contributed by atoms with Crippen LogP contribution < -0.4 is 5.73 Å². The zero-order chi connectivity index (χ0) is 16.3. The molecule has 4 nitrogen and oxygen atoms in total. The molecule has 0 aliphatic heterocycles. The Labute approximate surface area is 125 Å². The van der Waals surface area contributed by atoms with Gasteiger partial charge in [0.15, 0.2) is 0 Å². The first-order valence-electron chi connectivity index (χ1n) is 6.50. The quantitative estimate of drug-likeness (QED) is 0.883. The van der Waals surface area contributed by atoms with Crippen LogP contribution in [0.1, 0.15) is 11.3 Å². The van der Waals surface area contributed by atoms with Gasteiger partial charge in [0.25, 0.3) is 0 Å². The predicted molar refractivity (Wildman–Crippen MR) is 74.5 cm³/mol. The van der Waals surface area contributed by atoms with Gasteiger partial charge < -0.3 is 15.0 Å². The smallest absolute Gasteiger partial charge is 0.416 e. The third-order valence-corrected chi connectivity index (χ3v) is 3.22. The summed E-state index contributed by atoms with van der Waals surface area (Å²) >= 11 is 0. The molecule has 0 amide bonds. The van der Waals surface area contributed by atoms with Crippen molar-refractivity contribution in [3.63, 3.8) is 0 Å². The van der Waals surface area contributed by atoms with Crippen LogP contribution in [-0.2, 0) is 22.1 Å². The molecule has 1 aromatic heterocycles. The van der Waals surface area contributed by atoms with Crippen LogP contribution in [0.4, 0.5) is 13.2 Å². The molecule has 0 saturated carbocycles. The molecule has 0 aliphatic carbocycles. The summed E-state index contributed by atoms with van der Waals surface area (Å²) in [4.78, 5) is 11.4. The zero-order valence-corrected chi connectivity index (χ0v) is 11.8. The number of nitrogens with two attached hydrogens (primary N) is 1. The van der Waals surface area contributed by atoms with Gasteiger partial charge in [-0.25, -0.2) is 0 Å². The number of nitrogens with zero attached hydrogens (tertiary/aromatic N) is 1. The molecule has 1 unspecified atom stereocenters. The van der Waals surface area contributed by atoms with Gasteiger partial charge in [0.1, 0.15) is 6.04 Å². The number of methoxy groups -OCH3 is 1. The number of halogens is 3. The number of hydrogen-bond acceptors (Lipinski definition) is 3. The summed E-state index contributed by atoms with van der Waals surface area (Å²) in [7, 11) is 1.23. The first-order valence-corrected chi connectivity index (χ1v) is 6.50. The Morgan fingerprint density at radius 1 is 1.32 bits per heavy atom. The van der Waals surface area contributed by atoms with E-state index >= 15 is 0 Å². The number of esters is 1. The van der Waals surface area contributed by atoms with Crippen molar-refractivity contribution < 1.29 is 22.7 Å². The number of rotatable bonds is 4. The van der Waals surface area contributed by atoms with Gasteiger partial charge in [-0.15, -0.1) is 0 Å². The fourth-order valence-corrected chi connectivity index (χ4v) is 2.13. The molecule has 22 heavy (non-hydrogen) atoms. The standard InChI is InChI=1S/C15H15F3N2O2/c1-22-14(21)13(19)9-12-6-3-7-20(12)11-5-2-4-10(8-11)15(16,17)18/h2-8,13H,9,19H2,1H3. The van der Waals surface area contributed by atoms with Crippen molar-refractivity contribution in [1.82, 2.24) is 4.57 Å². The molecule has 0 aliphatic rings. The van der Waals surface area contributed by atoms with Crippen LogP contribution in [0.5, 0.6) is 0 Å². The Morgan fingerprint density at radius 2 is 2.05 bits per heavy atom. The number of carbonyl (C=O) groups is 1. The minimum absolute atomic E-state index is 0.163. The van der Waals surface area contributed by atoms with Crippen molar-refractivity contribution in [2.45, 2.75) is 18.6 Å². The predicted octanol–water partition coefficient (Wildman–Crippen LogP) is 2.54. The summed E-state index contributed by atoms with van der Waals surface area (Å²) < 4.78 is 44.5. The van der Waals surface area contributed by atoms with E-state index in [1.54, 1.807) is 29.0 Å². The Hall–Kier alpha value is -2.28. The van der Waals surface area contributed by atoms with Crippen LogP contribution in [-0.4, -0.2) is 23.7 Å². The van der Waals surface area contributed by atoms with Gasteiger partial charge in [-0.1, -0.05) is 6.07 Å². The summed E-state index contributed by atoms with van der Waals surface area (Å²) in [6, 6.07) is 7.46. The lowest BCUT2D eigenvalue weighted by Gasteiger charge is -2.14. The van der Waals surface area contributed by atoms with Gasteiger partial charge in [0.05, 0.1) is 12.7 Å². The van der Waals surface area contributed by atoms with E-state index in [0.717, 1.165) is 12.1 Å². The lowest BCUT2D eigenvalue weighted by molar-refractivity contribution is -0.142. The molecule has 1 atom stereocenters. The number of carbonyl (C=O) groups excluding carboxylic acids is 1. The van der Waals surface area contributed by atoms with Crippen molar-refractivity contribution in [2.75, 3.05) is 7.11 Å². The molecule has 2 aromatic rings. The maximum absolute atomic E-state index is 12.8. The number of hydrogen-bond donors (Lipinski definition) is 1. The van der Waals surface area contributed by atoms with E-state index in [2.05, 4.69) is 4.74 Å². The summed E-state index contributed by atoms with van der Waals surface area (Å²) in [5.74, 6) is -0.572.